The maximum Gasteiger partial charge on any atom is 0.245 e. The summed E-state index contributed by atoms with van der Waals surface area (Å²) < 4.78 is 0.989. The lowest BCUT2D eigenvalue weighted by Gasteiger charge is -2.28. The molecule has 0 bridgehead atoms. The van der Waals surface area contributed by atoms with E-state index in [1.807, 2.05) is 36.2 Å². The summed E-state index contributed by atoms with van der Waals surface area (Å²) in [7, 11) is 1.93. The molecule has 0 aliphatic carbocycles. The van der Waals surface area contributed by atoms with E-state index in [0.717, 1.165) is 16.6 Å². The van der Waals surface area contributed by atoms with Gasteiger partial charge >= 0.3 is 0 Å². The van der Waals surface area contributed by atoms with Crippen molar-refractivity contribution in [2.24, 2.45) is 0 Å². The van der Waals surface area contributed by atoms with Crippen LogP contribution in [0.1, 0.15) is 19.8 Å². The van der Waals surface area contributed by atoms with Crippen LogP contribution in [0, 0.1) is 11.3 Å². The molecule has 1 fully saturated rings. The normalized spacial score (nSPS) is 24.3. The number of anilines is 1. The molecule has 2 unspecified atom stereocenters. The van der Waals surface area contributed by atoms with Gasteiger partial charge in [0.05, 0.1) is 12.5 Å². The van der Waals surface area contributed by atoms with Gasteiger partial charge in [0.2, 0.25) is 5.91 Å². The summed E-state index contributed by atoms with van der Waals surface area (Å²) in [4.78, 5) is 16.5. The standard InChI is InChI=1S/C15H18BrN3O/c1-11-8-10-19(13-5-3-12(16)4-6-13)15(20)14(7-9-17)18(11)2/h3-6,11,14H,7-8,10H2,1-2H3. The van der Waals surface area contributed by atoms with Crippen molar-refractivity contribution in [3.05, 3.63) is 28.7 Å². The molecule has 1 aliphatic rings. The van der Waals surface area contributed by atoms with E-state index >= 15 is 0 Å². The summed E-state index contributed by atoms with van der Waals surface area (Å²) >= 11 is 3.40. The average Bonchev–Trinajstić information content (AvgIpc) is 2.54. The molecule has 2 rings (SSSR count). The molecule has 0 N–H and O–H groups in total. The fourth-order valence-electron chi connectivity index (χ4n) is 2.49. The van der Waals surface area contributed by atoms with Gasteiger partial charge in [-0.3, -0.25) is 9.69 Å². The molecule has 1 amide bonds. The van der Waals surface area contributed by atoms with Gasteiger partial charge in [0.15, 0.2) is 0 Å². The summed E-state index contributed by atoms with van der Waals surface area (Å²) in [6, 6.07) is 9.79. The van der Waals surface area contributed by atoms with Crippen molar-refractivity contribution in [3.63, 3.8) is 0 Å². The molecule has 0 radical (unpaired) electrons. The number of halogens is 1. The minimum absolute atomic E-state index is 0.0146. The molecule has 1 heterocycles. The fraction of sp³-hybridized carbons (Fsp3) is 0.467. The number of rotatable bonds is 2. The van der Waals surface area contributed by atoms with E-state index in [1.165, 1.54) is 0 Å². The zero-order chi connectivity index (χ0) is 14.7. The Morgan fingerprint density at radius 1 is 1.40 bits per heavy atom. The van der Waals surface area contributed by atoms with Crippen molar-refractivity contribution in [3.8, 4) is 6.07 Å². The Morgan fingerprint density at radius 3 is 2.65 bits per heavy atom. The van der Waals surface area contributed by atoms with Gasteiger partial charge in [-0.15, -0.1) is 0 Å². The van der Waals surface area contributed by atoms with Crippen LogP contribution in [-0.4, -0.2) is 36.5 Å². The van der Waals surface area contributed by atoms with Crippen molar-refractivity contribution in [2.45, 2.75) is 31.8 Å². The second-order valence-electron chi connectivity index (χ2n) is 5.15. The number of amides is 1. The van der Waals surface area contributed by atoms with E-state index in [0.29, 0.717) is 6.54 Å². The molecule has 1 aromatic rings. The third-order valence-electron chi connectivity index (χ3n) is 3.93. The second-order valence-corrected chi connectivity index (χ2v) is 6.06. The zero-order valence-corrected chi connectivity index (χ0v) is 13.3. The molecule has 1 saturated heterocycles. The number of benzene rings is 1. The van der Waals surface area contributed by atoms with Crippen LogP contribution in [0.25, 0.3) is 0 Å². The first-order valence-corrected chi connectivity index (χ1v) is 7.49. The highest BCUT2D eigenvalue weighted by molar-refractivity contribution is 9.10. The first-order chi connectivity index (χ1) is 9.54. The molecule has 0 spiro atoms. The van der Waals surface area contributed by atoms with Crippen LogP contribution in [0.15, 0.2) is 28.7 Å². The predicted molar refractivity (Wildman–Crippen MR) is 82.4 cm³/mol. The Labute approximate surface area is 128 Å². The van der Waals surface area contributed by atoms with Gasteiger partial charge in [-0.05, 0) is 44.7 Å². The Hall–Kier alpha value is -1.38. The number of hydrogen-bond donors (Lipinski definition) is 0. The van der Waals surface area contributed by atoms with Gasteiger partial charge in [0.1, 0.15) is 6.04 Å². The quantitative estimate of drug-likeness (QED) is 0.834. The Bertz CT molecular complexity index is 523. The average molecular weight is 336 g/mol. The lowest BCUT2D eigenvalue weighted by Crippen LogP contribution is -2.46. The second kappa shape index (κ2) is 6.38. The molecule has 4 nitrogen and oxygen atoms in total. The van der Waals surface area contributed by atoms with Crippen molar-refractivity contribution in [1.82, 2.24) is 4.90 Å². The van der Waals surface area contributed by atoms with Gasteiger partial charge in [0.25, 0.3) is 0 Å². The fourth-order valence-corrected chi connectivity index (χ4v) is 2.75. The zero-order valence-electron chi connectivity index (χ0n) is 11.7. The maximum atomic E-state index is 12.7. The first kappa shape index (κ1) is 15.0. The first-order valence-electron chi connectivity index (χ1n) is 6.70. The summed E-state index contributed by atoms with van der Waals surface area (Å²) in [5, 5.41) is 8.97. The van der Waals surface area contributed by atoms with Crippen LogP contribution < -0.4 is 4.90 Å². The molecule has 1 aliphatic heterocycles. The van der Waals surface area contributed by atoms with E-state index < -0.39 is 0 Å². The minimum atomic E-state index is -0.360. The SMILES string of the molecule is CC1CCN(c2ccc(Br)cc2)C(=O)C(CC#N)N1C. The molecule has 0 aromatic heterocycles. The van der Waals surface area contributed by atoms with Crippen molar-refractivity contribution in [1.29, 1.82) is 5.26 Å². The van der Waals surface area contributed by atoms with E-state index in [2.05, 4.69) is 28.9 Å². The van der Waals surface area contributed by atoms with E-state index in [9.17, 15) is 4.79 Å². The molecule has 2 atom stereocenters. The summed E-state index contributed by atoms with van der Waals surface area (Å²) in [5.74, 6) is 0.0146. The van der Waals surface area contributed by atoms with Crippen molar-refractivity contribution < 1.29 is 4.79 Å². The maximum absolute atomic E-state index is 12.7. The van der Waals surface area contributed by atoms with E-state index in [4.69, 9.17) is 5.26 Å². The predicted octanol–water partition coefficient (Wildman–Crippen LogP) is 2.79. The molecular weight excluding hydrogens is 318 g/mol. The van der Waals surface area contributed by atoms with Crippen LogP contribution in [-0.2, 0) is 4.79 Å². The number of carbonyl (C=O) groups excluding carboxylic acids is 1. The van der Waals surface area contributed by atoms with Gasteiger partial charge in [-0.1, -0.05) is 15.9 Å². The lowest BCUT2D eigenvalue weighted by atomic mass is 10.1. The van der Waals surface area contributed by atoms with E-state index in [1.54, 1.807) is 4.90 Å². The largest absolute Gasteiger partial charge is 0.311 e. The highest BCUT2D eigenvalue weighted by Crippen LogP contribution is 2.24. The van der Waals surface area contributed by atoms with Crippen LogP contribution in [0.5, 0.6) is 0 Å². The molecular formula is C15H18BrN3O. The summed E-state index contributed by atoms with van der Waals surface area (Å²) in [6.45, 7) is 2.79. The van der Waals surface area contributed by atoms with Gasteiger partial charge in [0, 0.05) is 22.7 Å². The van der Waals surface area contributed by atoms with E-state index in [-0.39, 0.29) is 24.4 Å². The number of nitriles is 1. The molecule has 20 heavy (non-hydrogen) atoms. The number of nitrogens with zero attached hydrogens (tertiary/aromatic N) is 3. The smallest absolute Gasteiger partial charge is 0.245 e. The topological polar surface area (TPSA) is 47.3 Å². The van der Waals surface area contributed by atoms with Crippen LogP contribution in [0.3, 0.4) is 0 Å². The lowest BCUT2D eigenvalue weighted by molar-refractivity contribution is -0.123. The third-order valence-corrected chi connectivity index (χ3v) is 4.46. The third kappa shape index (κ3) is 3.02. The van der Waals surface area contributed by atoms with Crippen molar-refractivity contribution >= 4 is 27.5 Å². The van der Waals surface area contributed by atoms with Crippen molar-refractivity contribution in [2.75, 3.05) is 18.5 Å². The van der Waals surface area contributed by atoms with Crippen LogP contribution >= 0.6 is 15.9 Å². The van der Waals surface area contributed by atoms with Gasteiger partial charge in [-0.25, -0.2) is 0 Å². The minimum Gasteiger partial charge on any atom is -0.311 e. The molecule has 5 heteroatoms. The molecule has 1 aromatic carbocycles. The molecule has 106 valence electrons. The monoisotopic (exact) mass is 335 g/mol. The van der Waals surface area contributed by atoms with Gasteiger partial charge in [-0.2, -0.15) is 5.26 Å². The molecule has 0 saturated carbocycles. The highest BCUT2D eigenvalue weighted by atomic mass is 79.9. The number of hydrogen-bond acceptors (Lipinski definition) is 3. The Morgan fingerprint density at radius 2 is 2.05 bits per heavy atom. The Balaban J connectivity index is 2.31. The van der Waals surface area contributed by atoms with Gasteiger partial charge < -0.3 is 4.90 Å². The number of carbonyl (C=O) groups is 1. The van der Waals surface area contributed by atoms with Crippen LogP contribution in [0.4, 0.5) is 5.69 Å². The Kier molecular flexibility index (Phi) is 4.79. The summed E-state index contributed by atoms with van der Waals surface area (Å²) in [5.41, 5.74) is 0.892. The van der Waals surface area contributed by atoms with Crippen LogP contribution in [0.2, 0.25) is 0 Å². The highest BCUT2D eigenvalue weighted by Gasteiger charge is 2.34. The summed E-state index contributed by atoms with van der Waals surface area (Å²) in [6.07, 6.45) is 1.13. The number of likely N-dealkylation sites (N-methyl/N-ethyl adjacent to an activating group) is 1.